The van der Waals surface area contributed by atoms with Gasteiger partial charge in [0.2, 0.25) is 0 Å². The van der Waals surface area contributed by atoms with Gasteiger partial charge in [-0.3, -0.25) is 19.8 Å². The van der Waals surface area contributed by atoms with Gasteiger partial charge in [-0.1, -0.05) is 18.2 Å². The molecule has 1 aromatic heterocycles. The maximum absolute atomic E-state index is 13.1. The highest BCUT2D eigenvalue weighted by Crippen LogP contribution is 2.28. The van der Waals surface area contributed by atoms with Crippen LogP contribution in [0.2, 0.25) is 0 Å². The fourth-order valence-electron chi connectivity index (χ4n) is 3.23. The Balaban J connectivity index is 1.68. The van der Waals surface area contributed by atoms with Crippen LogP contribution in [0.3, 0.4) is 0 Å². The number of methoxy groups -OCH3 is 1. The third kappa shape index (κ3) is 3.88. The summed E-state index contributed by atoms with van der Waals surface area (Å²) in [6.45, 7) is 0. The average molecular weight is 448 g/mol. The van der Waals surface area contributed by atoms with Gasteiger partial charge in [-0.05, 0) is 60.8 Å². The molecule has 4 rings (SSSR count). The quantitative estimate of drug-likeness (QED) is 0.349. The molecule has 0 unspecified atom stereocenters. The highest BCUT2D eigenvalue weighted by atomic mass is 32.1. The normalized spacial score (nSPS) is 15.1. The molecule has 160 valence electrons. The SMILES string of the molecule is COc1ccc(N2C(=O)/C(=C/c3ccc(-c4ccccc4C(=O)O)o3)C(=O)NC2=S)cc1. The van der Waals surface area contributed by atoms with Gasteiger partial charge in [0, 0.05) is 5.56 Å². The van der Waals surface area contributed by atoms with E-state index in [-0.39, 0.29) is 22.0 Å². The maximum atomic E-state index is 13.1. The van der Waals surface area contributed by atoms with Crippen LogP contribution in [0.15, 0.2) is 70.7 Å². The van der Waals surface area contributed by atoms with Crippen molar-refractivity contribution in [1.82, 2.24) is 5.32 Å². The number of carboxylic acids is 1. The number of anilines is 1. The Morgan fingerprint density at radius 1 is 1.09 bits per heavy atom. The monoisotopic (exact) mass is 448 g/mol. The lowest BCUT2D eigenvalue weighted by Gasteiger charge is -2.28. The van der Waals surface area contributed by atoms with Gasteiger partial charge in [0.15, 0.2) is 5.11 Å². The molecule has 1 saturated heterocycles. The number of thiocarbonyl (C=S) groups is 1. The number of hydrogen-bond acceptors (Lipinski definition) is 6. The van der Waals surface area contributed by atoms with Crippen LogP contribution in [-0.4, -0.2) is 35.1 Å². The molecule has 9 heteroatoms. The summed E-state index contributed by atoms with van der Waals surface area (Å²) in [7, 11) is 1.53. The van der Waals surface area contributed by atoms with E-state index in [1.165, 1.54) is 24.2 Å². The number of ether oxygens (including phenoxy) is 1. The molecule has 2 amide bonds. The smallest absolute Gasteiger partial charge is 0.336 e. The molecular formula is C23H16N2O6S. The predicted octanol–water partition coefficient (Wildman–Crippen LogP) is 3.48. The summed E-state index contributed by atoms with van der Waals surface area (Å²) in [4.78, 5) is 38.2. The molecule has 3 aromatic rings. The Bertz CT molecular complexity index is 1280. The van der Waals surface area contributed by atoms with E-state index in [4.69, 9.17) is 21.4 Å². The Labute approximate surface area is 187 Å². The number of furan rings is 1. The van der Waals surface area contributed by atoms with Crippen molar-refractivity contribution in [1.29, 1.82) is 0 Å². The first-order chi connectivity index (χ1) is 15.4. The van der Waals surface area contributed by atoms with E-state index >= 15 is 0 Å². The minimum atomic E-state index is -1.10. The molecule has 2 heterocycles. The lowest BCUT2D eigenvalue weighted by Crippen LogP contribution is -2.54. The number of carbonyl (C=O) groups is 3. The average Bonchev–Trinajstić information content (AvgIpc) is 3.25. The number of rotatable bonds is 5. The summed E-state index contributed by atoms with van der Waals surface area (Å²) in [5.41, 5.74) is 0.734. The highest BCUT2D eigenvalue weighted by Gasteiger charge is 2.34. The van der Waals surface area contributed by atoms with E-state index in [0.717, 1.165) is 0 Å². The van der Waals surface area contributed by atoms with E-state index in [1.54, 1.807) is 54.6 Å². The largest absolute Gasteiger partial charge is 0.497 e. The van der Waals surface area contributed by atoms with Gasteiger partial charge in [0.1, 0.15) is 22.8 Å². The number of carbonyl (C=O) groups excluding carboxylic acids is 2. The van der Waals surface area contributed by atoms with E-state index in [1.807, 2.05) is 0 Å². The van der Waals surface area contributed by atoms with Crippen LogP contribution < -0.4 is 15.0 Å². The minimum Gasteiger partial charge on any atom is -0.497 e. The van der Waals surface area contributed by atoms with E-state index in [0.29, 0.717) is 22.8 Å². The van der Waals surface area contributed by atoms with Crippen molar-refractivity contribution in [3.63, 3.8) is 0 Å². The molecule has 0 saturated carbocycles. The number of benzene rings is 2. The fourth-order valence-corrected chi connectivity index (χ4v) is 3.51. The van der Waals surface area contributed by atoms with Gasteiger partial charge >= 0.3 is 5.97 Å². The first kappa shape index (κ1) is 21.0. The number of nitrogens with one attached hydrogen (secondary N) is 1. The second kappa shape index (κ2) is 8.48. The van der Waals surface area contributed by atoms with Crippen molar-refractivity contribution in [2.45, 2.75) is 0 Å². The van der Waals surface area contributed by atoms with Crippen LogP contribution >= 0.6 is 12.2 Å². The van der Waals surface area contributed by atoms with Gasteiger partial charge in [0.05, 0.1) is 18.4 Å². The zero-order valence-corrected chi connectivity index (χ0v) is 17.5. The van der Waals surface area contributed by atoms with Gasteiger partial charge in [-0.15, -0.1) is 0 Å². The zero-order chi connectivity index (χ0) is 22.8. The number of aromatic carboxylic acids is 1. The Morgan fingerprint density at radius 3 is 2.50 bits per heavy atom. The predicted molar refractivity (Wildman–Crippen MR) is 120 cm³/mol. The summed E-state index contributed by atoms with van der Waals surface area (Å²) in [6.07, 6.45) is 1.29. The molecule has 0 spiro atoms. The van der Waals surface area contributed by atoms with Gasteiger partial charge in [-0.2, -0.15) is 0 Å². The molecule has 1 aliphatic rings. The summed E-state index contributed by atoms with van der Waals surface area (Å²) >= 11 is 5.18. The maximum Gasteiger partial charge on any atom is 0.336 e. The zero-order valence-electron chi connectivity index (χ0n) is 16.7. The van der Waals surface area contributed by atoms with Crippen LogP contribution in [0.5, 0.6) is 5.75 Å². The summed E-state index contributed by atoms with van der Waals surface area (Å²) in [5.74, 6) is -1.26. The number of nitrogens with zero attached hydrogens (tertiary/aromatic N) is 1. The number of amides is 2. The summed E-state index contributed by atoms with van der Waals surface area (Å²) in [6, 6.07) is 16.1. The number of hydrogen-bond donors (Lipinski definition) is 2. The third-order valence-electron chi connectivity index (χ3n) is 4.77. The Hall–Kier alpha value is -4.24. The van der Waals surface area contributed by atoms with E-state index < -0.39 is 17.8 Å². The van der Waals surface area contributed by atoms with Crippen molar-refractivity contribution in [3.8, 4) is 17.1 Å². The lowest BCUT2D eigenvalue weighted by atomic mass is 10.1. The van der Waals surface area contributed by atoms with Gasteiger partial charge in [0.25, 0.3) is 11.8 Å². The van der Waals surface area contributed by atoms with Crippen molar-refractivity contribution in [2.24, 2.45) is 0 Å². The molecular weight excluding hydrogens is 432 g/mol. The molecule has 0 radical (unpaired) electrons. The molecule has 2 aromatic carbocycles. The van der Waals surface area contributed by atoms with Crippen LogP contribution in [0.1, 0.15) is 16.1 Å². The third-order valence-corrected chi connectivity index (χ3v) is 5.05. The topological polar surface area (TPSA) is 109 Å². The van der Waals surface area contributed by atoms with Crippen molar-refractivity contribution in [2.75, 3.05) is 12.0 Å². The van der Waals surface area contributed by atoms with Crippen molar-refractivity contribution in [3.05, 3.63) is 77.6 Å². The minimum absolute atomic E-state index is 0.0437. The Kier molecular flexibility index (Phi) is 5.57. The van der Waals surface area contributed by atoms with Crippen LogP contribution in [-0.2, 0) is 9.59 Å². The summed E-state index contributed by atoms with van der Waals surface area (Å²) < 4.78 is 10.8. The van der Waals surface area contributed by atoms with E-state index in [9.17, 15) is 19.5 Å². The molecule has 1 aliphatic heterocycles. The molecule has 2 N–H and O–H groups in total. The fraction of sp³-hybridized carbons (Fsp3) is 0.0435. The van der Waals surface area contributed by atoms with Crippen LogP contribution in [0, 0.1) is 0 Å². The molecule has 8 nitrogen and oxygen atoms in total. The van der Waals surface area contributed by atoms with Gasteiger partial charge in [-0.25, -0.2) is 4.79 Å². The lowest BCUT2D eigenvalue weighted by molar-refractivity contribution is -0.122. The first-order valence-corrected chi connectivity index (χ1v) is 9.78. The van der Waals surface area contributed by atoms with Crippen LogP contribution in [0.4, 0.5) is 5.69 Å². The second-order valence-electron chi connectivity index (χ2n) is 6.71. The number of carboxylic acid groups (broad SMARTS) is 1. The van der Waals surface area contributed by atoms with Crippen molar-refractivity contribution >= 4 is 46.9 Å². The molecule has 1 fully saturated rings. The molecule has 32 heavy (non-hydrogen) atoms. The standard InChI is InChI=1S/C23H16N2O6S/c1-30-14-8-6-13(7-9-14)25-21(27)18(20(26)24-23(25)32)12-15-10-11-19(31-15)16-4-2-3-5-17(16)22(28)29/h2-12H,1H3,(H,28,29)(H,24,26,32)/b18-12+. The Morgan fingerprint density at radius 2 is 1.81 bits per heavy atom. The van der Waals surface area contributed by atoms with Gasteiger partial charge < -0.3 is 14.3 Å². The molecule has 0 atom stereocenters. The second-order valence-corrected chi connectivity index (χ2v) is 7.10. The first-order valence-electron chi connectivity index (χ1n) is 9.37. The van der Waals surface area contributed by atoms with Crippen LogP contribution in [0.25, 0.3) is 17.4 Å². The molecule has 0 bridgehead atoms. The van der Waals surface area contributed by atoms with E-state index in [2.05, 4.69) is 5.32 Å². The van der Waals surface area contributed by atoms with Crippen molar-refractivity contribution < 1.29 is 28.6 Å². The molecule has 0 aliphatic carbocycles. The highest BCUT2D eigenvalue weighted by molar-refractivity contribution is 7.80. The summed E-state index contributed by atoms with van der Waals surface area (Å²) in [5, 5.41) is 11.8.